The quantitative estimate of drug-likeness (QED) is 0.596. The fourth-order valence-corrected chi connectivity index (χ4v) is 2.82. The van der Waals surface area contributed by atoms with E-state index in [-0.39, 0.29) is 0 Å². The maximum Gasteiger partial charge on any atom is 0.176 e. The maximum absolute atomic E-state index is 6.19. The van der Waals surface area contributed by atoms with E-state index < -0.39 is 0 Å². The van der Waals surface area contributed by atoms with Gasteiger partial charge in [-0.25, -0.2) is 0 Å². The number of nitrogens with one attached hydrogen (secondary N) is 2. The molecule has 2 N–H and O–H groups in total. The lowest BCUT2D eigenvalue weighted by Gasteiger charge is -2.09. The maximum atomic E-state index is 6.19. The van der Waals surface area contributed by atoms with E-state index >= 15 is 0 Å². The summed E-state index contributed by atoms with van der Waals surface area (Å²) in [6.45, 7) is 3.19. The van der Waals surface area contributed by atoms with Crippen molar-refractivity contribution in [1.82, 2.24) is 9.78 Å². The third-order valence-electron chi connectivity index (χ3n) is 3.60. The molecular formula is C19H19ClN4OS. The number of benzene rings is 2. The number of anilines is 2. The van der Waals surface area contributed by atoms with Gasteiger partial charge < -0.3 is 15.4 Å². The van der Waals surface area contributed by atoms with Crippen LogP contribution >= 0.6 is 23.8 Å². The minimum absolute atomic E-state index is 0.470. The highest BCUT2D eigenvalue weighted by Crippen LogP contribution is 2.17. The van der Waals surface area contributed by atoms with Gasteiger partial charge in [0, 0.05) is 23.0 Å². The zero-order chi connectivity index (χ0) is 18.4. The van der Waals surface area contributed by atoms with E-state index in [1.165, 1.54) is 0 Å². The Bertz CT molecular complexity index is 879. The second-order valence-corrected chi connectivity index (χ2v) is 6.34. The topological polar surface area (TPSA) is 51.1 Å². The molecule has 0 aliphatic rings. The molecule has 134 valence electrons. The summed E-state index contributed by atoms with van der Waals surface area (Å²) in [6, 6.07) is 17.2. The summed E-state index contributed by atoms with van der Waals surface area (Å²) < 4.78 is 7.23. The summed E-state index contributed by atoms with van der Waals surface area (Å²) in [6.07, 6.45) is 1.88. The van der Waals surface area contributed by atoms with Gasteiger partial charge >= 0.3 is 0 Å². The van der Waals surface area contributed by atoms with Crippen LogP contribution in [-0.4, -0.2) is 21.5 Å². The summed E-state index contributed by atoms with van der Waals surface area (Å²) in [4.78, 5) is 0. The first-order valence-electron chi connectivity index (χ1n) is 8.22. The normalized spacial score (nSPS) is 10.4. The Morgan fingerprint density at radius 3 is 2.62 bits per heavy atom. The molecule has 5 nitrogen and oxygen atoms in total. The van der Waals surface area contributed by atoms with Crippen molar-refractivity contribution in [2.45, 2.75) is 13.5 Å². The molecule has 1 heterocycles. The van der Waals surface area contributed by atoms with E-state index in [0.717, 1.165) is 22.0 Å². The van der Waals surface area contributed by atoms with Crippen LogP contribution < -0.4 is 15.4 Å². The van der Waals surface area contributed by atoms with Gasteiger partial charge in [0.25, 0.3) is 0 Å². The first kappa shape index (κ1) is 18.2. The molecule has 0 spiro atoms. The smallest absolute Gasteiger partial charge is 0.176 e. The second-order valence-electron chi connectivity index (χ2n) is 5.53. The van der Waals surface area contributed by atoms with Gasteiger partial charge in [0.2, 0.25) is 0 Å². The van der Waals surface area contributed by atoms with Gasteiger partial charge in [-0.2, -0.15) is 5.10 Å². The molecule has 2 aromatic carbocycles. The number of thiocarbonyl (C=S) groups is 1. The van der Waals surface area contributed by atoms with Crippen LogP contribution in [0.3, 0.4) is 0 Å². The van der Waals surface area contributed by atoms with Crippen LogP contribution in [0, 0.1) is 0 Å². The minimum Gasteiger partial charge on any atom is -0.494 e. The van der Waals surface area contributed by atoms with E-state index in [2.05, 4.69) is 15.7 Å². The standard InChI is InChI=1S/C19H19ClN4OS/c1-2-25-16-9-7-15(8-10-16)21-19(26)22-18-11-12-24(23-18)13-14-5-3-4-6-17(14)20/h3-12H,2,13H2,1H3,(H2,21,22,23,26). The molecule has 0 saturated carbocycles. The number of aromatic nitrogens is 2. The van der Waals surface area contributed by atoms with Gasteiger partial charge in [-0.3, -0.25) is 4.68 Å². The van der Waals surface area contributed by atoms with Crippen molar-refractivity contribution in [1.29, 1.82) is 0 Å². The van der Waals surface area contributed by atoms with E-state index in [4.69, 9.17) is 28.6 Å². The third kappa shape index (κ3) is 4.97. The Morgan fingerprint density at radius 2 is 1.88 bits per heavy atom. The van der Waals surface area contributed by atoms with E-state index in [1.807, 2.05) is 72.4 Å². The number of rotatable bonds is 6. The van der Waals surface area contributed by atoms with Crippen molar-refractivity contribution in [2.24, 2.45) is 0 Å². The summed E-state index contributed by atoms with van der Waals surface area (Å²) in [5.74, 6) is 1.50. The van der Waals surface area contributed by atoms with Crippen molar-refractivity contribution in [3.63, 3.8) is 0 Å². The molecule has 0 radical (unpaired) electrons. The fraction of sp³-hybridized carbons (Fsp3) is 0.158. The van der Waals surface area contributed by atoms with Gasteiger partial charge in [-0.1, -0.05) is 29.8 Å². The van der Waals surface area contributed by atoms with E-state index in [9.17, 15) is 0 Å². The van der Waals surface area contributed by atoms with Gasteiger partial charge in [-0.05, 0) is 55.0 Å². The number of ether oxygens (including phenoxy) is 1. The lowest BCUT2D eigenvalue weighted by Crippen LogP contribution is -2.19. The molecule has 0 atom stereocenters. The zero-order valence-corrected chi connectivity index (χ0v) is 15.8. The first-order chi connectivity index (χ1) is 12.6. The number of hydrogen-bond donors (Lipinski definition) is 2. The van der Waals surface area contributed by atoms with E-state index in [0.29, 0.717) is 24.1 Å². The molecule has 0 bridgehead atoms. The SMILES string of the molecule is CCOc1ccc(NC(=S)Nc2ccn(Cc3ccccc3Cl)n2)cc1. The molecule has 1 aromatic heterocycles. The summed E-state index contributed by atoms with van der Waals surface area (Å²) in [5, 5.41) is 11.9. The average Bonchev–Trinajstić information content (AvgIpc) is 3.06. The van der Waals surface area contributed by atoms with Crippen LogP contribution in [0.1, 0.15) is 12.5 Å². The number of halogens is 1. The zero-order valence-electron chi connectivity index (χ0n) is 14.3. The highest BCUT2D eigenvalue weighted by atomic mass is 35.5. The average molecular weight is 387 g/mol. The Hall–Kier alpha value is -2.57. The minimum atomic E-state index is 0.470. The molecule has 0 amide bonds. The van der Waals surface area contributed by atoms with Crippen molar-refractivity contribution in [3.05, 3.63) is 71.4 Å². The first-order valence-corrected chi connectivity index (χ1v) is 9.00. The van der Waals surface area contributed by atoms with Crippen molar-refractivity contribution in [2.75, 3.05) is 17.2 Å². The summed E-state index contributed by atoms with van der Waals surface area (Å²) in [5.41, 5.74) is 1.89. The lowest BCUT2D eigenvalue weighted by atomic mass is 10.2. The molecular weight excluding hydrogens is 368 g/mol. The van der Waals surface area contributed by atoms with Crippen LogP contribution in [0.5, 0.6) is 5.75 Å². The molecule has 26 heavy (non-hydrogen) atoms. The fourth-order valence-electron chi connectivity index (χ4n) is 2.40. The van der Waals surface area contributed by atoms with Crippen LogP contribution in [0.2, 0.25) is 5.02 Å². The molecule has 0 saturated heterocycles. The third-order valence-corrected chi connectivity index (χ3v) is 4.17. The van der Waals surface area contributed by atoms with Gasteiger partial charge in [0.05, 0.1) is 13.2 Å². The van der Waals surface area contributed by atoms with Crippen LogP contribution in [-0.2, 0) is 6.54 Å². The second kappa shape index (κ2) is 8.69. The van der Waals surface area contributed by atoms with Crippen molar-refractivity contribution in [3.8, 4) is 5.75 Å². The Morgan fingerprint density at radius 1 is 1.12 bits per heavy atom. The highest BCUT2D eigenvalue weighted by molar-refractivity contribution is 7.80. The highest BCUT2D eigenvalue weighted by Gasteiger charge is 2.05. The largest absolute Gasteiger partial charge is 0.494 e. The molecule has 7 heteroatoms. The molecule has 0 unspecified atom stereocenters. The lowest BCUT2D eigenvalue weighted by molar-refractivity contribution is 0.340. The van der Waals surface area contributed by atoms with Crippen LogP contribution in [0.4, 0.5) is 11.5 Å². The predicted molar refractivity (Wildman–Crippen MR) is 110 cm³/mol. The summed E-state index contributed by atoms with van der Waals surface area (Å²) in [7, 11) is 0. The summed E-state index contributed by atoms with van der Waals surface area (Å²) >= 11 is 11.5. The molecule has 0 fully saturated rings. The Balaban J connectivity index is 1.56. The molecule has 3 rings (SSSR count). The van der Waals surface area contributed by atoms with Crippen LogP contribution in [0.15, 0.2) is 60.8 Å². The number of hydrogen-bond acceptors (Lipinski definition) is 3. The van der Waals surface area contributed by atoms with E-state index in [1.54, 1.807) is 0 Å². The van der Waals surface area contributed by atoms with Gasteiger partial charge in [0.15, 0.2) is 10.9 Å². The predicted octanol–water partition coefficient (Wildman–Crippen LogP) is 4.79. The molecule has 0 aliphatic heterocycles. The van der Waals surface area contributed by atoms with Gasteiger partial charge in [0.1, 0.15) is 5.75 Å². The van der Waals surface area contributed by atoms with Crippen molar-refractivity contribution < 1.29 is 4.74 Å². The number of nitrogens with zero attached hydrogens (tertiary/aromatic N) is 2. The monoisotopic (exact) mass is 386 g/mol. The van der Waals surface area contributed by atoms with Gasteiger partial charge in [-0.15, -0.1) is 0 Å². The molecule has 0 aliphatic carbocycles. The van der Waals surface area contributed by atoms with Crippen LogP contribution in [0.25, 0.3) is 0 Å². The Kier molecular flexibility index (Phi) is 6.09. The molecule has 3 aromatic rings. The Labute approximate surface area is 162 Å². The van der Waals surface area contributed by atoms with Crippen molar-refractivity contribution >= 4 is 40.4 Å².